The molecule has 0 radical (unpaired) electrons. The van der Waals surface area contributed by atoms with Gasteiger partial charge in [0, 0.05) is 33.2 Å². The fourth-order valence-electron chi connectivity index (χ4n) is 8.24. The van der Waals surface area contributed by atoms with E-state index in [0.29, 0.717) is 19.4 Å². The van der Waals surface area contributed by atoms with Crippen molar-refractivity contribution in [1.29, 1.82) is 0 Å². The van der Waals surface area contributed by atoms with E-state index in [0.717, 1.165) is 31.4 Å². The molecular formula is C40H65N5O8. The monoisotopic (exact) mass is 743 g/mol. The molecule has 2 saturated heterocycles. The second kappa shape index (κ2) is 20.3. The first-order valence-electron chi connectivity index (χ1n) is 19.2. The Morgan fingerprint density at radius 3 is 2.23 bits per heavy atom. The highest BCUT2D eigenvalue weighted by molar-refractivity contribution is 6.02. The third-order valence-electron chi connectivity index (χ3n) is 11.5. The van der Waals surface area contributed by atoms with E-state index in [-0.39, 0.29) is 60.4 Å². The second-order valence-electron chi connectivity index (χ2n) is 15.4. The summed E-state index contributed by atoms with van der Waals surface area (Å²) in [5.74, 6) is -2.53. The molecule has 0 bridgehead atoms. The third-order valence-corrected chi connectivity index (χ3v) is 11.5. The van der Waals surface area contributed by atoms with Crippen molar-refractivity contribution in [3.63, 3.8) is 0 Å². The van der Waals surface area contributed by atoms with E-state index < -0.39 is 41.7 Å². The van der Waals surface area contributed by atoms with Crippen LogP contribution in [0.15, 0.2) is 30.3 Å². The number of methoxy groups -OCH3 is 3. The Bertz CT molecular complexity index is 1370. The molecule has 2 aliphatic rings. The Morgan fingerprint density at radius 1 is 1.00 bits per heavy atom. The highest BCUT2D eigenvalue weighted by Gasteiger charge is 2.44. The number of carbonyl (C=O) groups is 5. The number of nitrogens with one attached hydrogen (secondary N) is 3. The normalized spacial score (nSPS) is 22.8. The van der Waals surface area contributed by atoms with Gasteiger partial charge < -0.3 is 29.7 Å². The number of likely N-dealkylation sites (tertiary alicyclic amines) is 1. The van der Waals surface area contributed by atoms with Crippen LogP contribution < -0.4 is 16.0 Å². The minimum atomic E-state index is -0.884. The Kier molecular flexibility index (Phi) is 16.9. The molecular weight excluding hydrogens is 678 g/mol. The highest BCUT2D eigenvalue weighted by Crippen LogP contribution is 2.30. The van der Waals surface area contributed by atoms with E-state index in [4.69, 9.17) is 14.2 Å². The van der Waals surface area contributed by atoms with Crippen LogP contribution in [0.3, 0.4) is 0 Å². The maximum Gasteiger partial charge on any atom is 0.328 e. The van der Waals surface area contributed by atoms with Gasteiger partial charge in [-0.15, -0.1) is 0 Å². The predicted molar refractivity (Wildman–Crippen MR) is 203 cm³/mol. The summed E-state index contributed by atoms with van der Waals surface area (Å²) in [6, 6.07) is 7.16. The summed E-state index contributed by atoms with van der Waals surface area (Å²) in [5, 5.41) is 8.77. The Hall–Kier alpha value is -3.39. The van der Waals surface area contributed by atoms with Crippen LogP contribution in [0.25, 0.3) is 0 Å². The lowest BCUT2D eigenvalue weighted by atomic mass is 9.87. The number of hydrogen-bond donors (Lipinski definition) is 3. The zero-order valence-electron chi connectivity index (χ0n) is 33.6. The van der Waals surface area contributed by atoms with Crippen LogP contribution in [0.1, 0.15) is 85.6 Å². The smallest absolute Gasteiger partial charge is 0.328 e. The van der Waals surface area contributed by atoms with Crippen LogP contribution in [-0.4, -0.2) is 123 Å². The summed E-state index contributed by atoms with van der Waals surface area (Å²) in [6.45, 7) is 12.9. The van der Waals surface area contributed by atoms with Crippen molar-refractivity contribution in [2.45, 2.75) is 128 Å². The number of ether oxygens (including phenoxy) is 3. The maximum atomic E-state index is 14.2. The molecule has 0 aliphatic carbocycles. The SMILES string of the molecule is CC[C@H](C)[C@@H]([C@@H](CC(=O)N1CCC[C@H]1[C@H](OC)[C@@H](C)C(=O)N[C@@H](Cc1ccccc1)C(=O)OC)OC)N(C)[C@H](C(=O)NC(=O)[C@]1(C)CCCN1)C(C)C. The van der Waals surface area contributed by atoms with Gasteiger partial charge >= 0.3 is 5.97 Å². The molecule has 13 heteroatoms. The Morgan fingerprint density at radius 2 is 1.68 bits per heavy atom. The molecule has 3 rings (SSSR count). The fourth-order valence-corrected chi connectivity index (χ4v) is 8.24. The van der Waals surface area contributed by atoms with E-state index in [1.807, 2.05) is 63.1 Å². The zero-order valence-corrected chi connectivity index (χ0v) is 33.6. The average Bonchev–Trinajstić information content (AvgIpc) is 3.81. The van der Waals surface area contributed by atoms with Crippen molar-refractivity contribution in [3.8, 4) is 0 Å². The minimum Gasteiger partial charge on any atom is -0.467 e. The number of benzene rings is 1. The molecule has 2 aliphatic heterocycles. The molecule has 4 amide bonds. The number of nitrogens with zero attached hydrogens (tertiary/aromatic N) is 2. The molecule has 0 saturated carbocycles. The highest BCUT2D eigenvalue weighted by atomic mass is 16.5. The molecule has 13 nitrogen and oxygen atoms in total. The van der Waals surface area contributed by atoms with Crippen LogP contribution in [0.4, 0.5) is 0 Å². The van der Waals surface area contributed by atoms with Crippen molar-refractivity contribution in [1.82, 2.24) is 25.8 Å². The molecule has 0 unspecified atom stereocenters. The maximum absolute atomic E-state index is 14.2. The summed E-state index contributed by atoms with van der Waals surface area (Å²) < 4.78 is 17.0. The van der Waals surface area contributed by atoms with Gasteiger partial charge in [0.05, 0.1) is 49.3 Å². The average molecular weight is 744 g/mol. The molecule has 0 aromatic heterocycles. The van der Waals surface area contributed by atoms with Crippen LogP contribution in [0.2, 0.25) is 0 Å². The lowest BCUT2D eigenvalue weighted by Gasteiger charge is -2.43. The topological polar surface area (TPSA) is 156 Å². The van der Waals surface area contributed by atoms with Gasteiger partial charge in [0.15, 0.2) is 0 Å². The lowest BCUT2D eigenvalue weighted by Crippen LogP contribution is -2.61. The van der Waals surface area contributed by atoms with Crippen molar-refractivity contribution >= 4 is 29.6 Å². The number of esters is 1. The van der Waals surface area contributed by atoms with E-state index in [2.05, 4.69) is 29.8 Å². The summed E-state index contributed by atoms with van der Waals surface area (Å²) in [6.07, 6.45) is 2.82. The molecule has 0 spiro atoms. The fraction of sp³-hybridized carbons (Fsp3) is 0.725. The molecule has 2 heterocycles. The van der Waals surface area contributed by atoms with Crippen LogP contribution >= 0.6 is 0 Å². The number of carbonyl (C=O) groups excluding carboxylic acids is 5. The molecule has 2 fully saturated rings. The van der Waals surface area contributed by atoms with Gasteiger partial charge in [-0.25, -0.2) is 4.79 Å². The Labute approximate surface area is 316 Å². The quantitative estimate of drug-likeness (QED) is 0.180. The number of amides is 4. The molecule has 9 atom stereocenters. The van der Waals surface area contributed by atoms with E-state index in [1.165, 1.54) is 14.2 Å². The molecule has 1 aromatic carbocycles. The summed E-state index contributed by atoms with van der Waals surface area (Å²) in [4.78, 5) is 71.3. The van der Waals surface area contributed by atoms with Crippen LogP contribution in [-0.2, 0) is 44.6 Å². The number of hydrogen-bond acceptors (Lipinski definition) is 10. The minimum absolute atomic E-state index is 0.0416. The lowest BCUT2D eigenvalue weighted by molar-refractivity contribution is -0.147. The van der Waals surface area contributed by atoms with E-state index in [1.54, 1.807) is 18.9 Å². The van der Waals surface area contributed by atoms with Gasteiger partial charge in [0.2, 0.25) is 23.6 Å². The van der Waals surface area contributed by atoms with Gasteiger partial charge in [-0.2, -0.15) is 0 Å². The Balaban J connectivity index is 1.78. The standard InChI is InChI=1S/C40H65N5O8/c1-11-26(4)34(44(7)33(25(2)3)37(48)43-39(50)40(6)20-16-21-41-40)31(51-8)24-32(46)45-22-15-19-30(45)35(52-9)27(5)36(47)42-29(38(49)53-10)23-28-17-13-12-14-18-28/h12-14,17-18,25-27,29-31,33-35,41H,11,15-16,19-24H2,1-10H3,(H,42,47)(H,43,48,50)/t26-,27+,29-,30-,31+,33-,34-,35+,40-/m0/s1. The van der Waals surface area contributed by atoms with Crippen molar-refractivity contribution in [2.75, 3.05) is 41.5 Å². The third kappa shape index (κ3) is 11.1. The summed E-state index contributed by atoms with van der Waals surface area (Å²) >= 11 is 0. The van der Waals surface area contributed by atoms with E-state index in [9.17, 15) is 24.0 Å². The van der Waals surface area contributed by atoms with Crippen molar-refractivity contribution in [2.24, 2.45) is 17.8 Å². The first kappa shape index (κ1) is 44.0. The summed E-state index contributed by atoms with van der Waals surface area (Å²) in [5.41, 5.74) is 0.0913. The van der Waals surface area contributed by atoms with Gasteiger partial charge in [0.25, 0.3) is 0 Å². The van der Waals surface area contributed by atoms with Crippen molar-refractivity contribution < 1.29 is 38.2 Å². The van der Waals surface area contributed by atoms with Gasteiger partial charge in [0.1, 0.15) is 6.04 Å². The largest absolute Gasteiger partial charge is 0.467 e. The molecule has 3 N–H and O–H groups in total. The first-order chi connectivity index (χ1) is 25.1. The number of rotatable bonds is 19. The van der Waals surface area contributed by atoms with Gasteiger partial charge in [-0.05, 0) is 63.6 Å². The molecule has 1 aromatic rings. The van der Waals surface area contributed by atoms with Gasteiger partial charge in [-0.3, -0.25) is 29.4 Å². The van der Waals surface area contributed by atoms with Crippen LogP contribution in [0, 0.1) is 17.8 Å². The zero-order chi connectivity index (χ0) is 39.5. The van der Waals surface area contributed by atoms with Crippen molar-refractivity contribution in [3.05, 3.63) is 35.9 Å². The summed E-state index contributed by atoms with van der Waals surface area (Å²) in [7, 11) is 6.28. The van der Waals surface area contributed by atoms with E-state index >= 15 is 0 Å². The van der Waals surface area contributed by atoms with Gasteiger partial charge in [-0.1, -0.05) is 71.4 Å². The molecule has 298 valence electrons. The predicted octanol–water partition coefficient (Wildman–Crippen LogP) is 3.09. The van der Waals surface area contributed by atoms with Crippen LogP contribution in [0.5, 0.6) is 0 Å². The first-order valence-corrected chi connectivity index (χ1v) is 19.2. The second-order valence-corrected chi connectivity index (χ2v) is 15.4. The molecule has 53 heavy (non-hydrogen) atoms. The number of imide groups is 1. The number of likely N-dealkylation sites (N-methyl/N-ethyl adjacent to an activating group) is 1.